The fourth-order valence-corrected chi connectivity index (χ4v) is 6.76. The number of carbonyl (C=O) groups is 1. The van der Waals surface area contributed by atoms with Gasteiger partial charge in [0, 0.05) is 5.75 Å². The Labute approximate surface area is 220 Å². The summed E-state index contributed by atoms with van der Waals surface area (Å²) in [5, 5.41) is 11.3. The van der Waals surface area contributed by atoms with Gasteiger partial charge in [0.05, 0.1) is 17.1 Å². The lowest BCUT2D eigenvalue weighted by Gasteiger charge is -2.35. The summed E-state index contributed by atoms with van der Waals surface area (Å²) in [4.78, 5) is 13.3. The summed E-state index contributed by atoms with van der Waals surface area (Å²) in [7, 11) is -3.94. The number of nitrogens with one attached hydrogen (secondary N) is 1. The summed E-state index contributed by atoms with van der Waals surface area (Å²) in [5.41, 5.74) is 1.18. The molecule has 1 atom stereocenters. The SMILES string of the molecule is CC(C)CSc1nnc(NC(=O)[C@@H]2CN(S(=O)(=O)c3ccccc3)c3cc(C(C)(C)C)ccc3O2)s1. The topological polar surface area (TPSA) is 101 Å². The maximum Gasteiger partial charge on any atom is 0.269 e. The Balaban J connectivity index is 1.64. The van der Waals surface area contributed by atoms with Crippen LogP contribution in [-0.2, 0) is 20.2 Å². The van der Waals surface area contributed by atoms with E-state index in [1.54, 1.807) is 48.2 Å². The Morgan fingerprint density at radius 3 is 2.58 bits per heavy atom. The van der Waals surface area contributed by atoms with E-state index in [2.05, 4.69) is 50.1 Å². The van der Waals surface area contributed by atoms with Gasteiger partial charge in [-0.25, -0.2) is 8.42 Å². The molecular weight excluding hydrogens is 517 g/mol. The molecule has 1 aromatic heterocycles. The number of nitrogens with zero attached hydrogens (tertiary/aromatic N) is 3. The van der Waals surface area contributed by atoms with Gasteiger partial charge in [0.2, 0.25) is 5.13 Å². The van der Waals surface area contributed by atoms with Gasteiger partial charge >= 0.3 is 0 Å². The van der Waals surface area contributed by atoms with Crippen LogP contribution in [0, 0.1) is 5.92 Å². The minimum atomic E-state index is -3.94. The van der Waals surface area contributed by atoms with E-state index in [0.29, 0.717) is 22.5 Å². The maximum atomic E-state index is 13.7. The molecule has 2 heterocycles. The summed E-state index contributed by atoms with van der Waals surface area (Å²) in [6, 6.07) is 13.7. The number of carbonyl (C=O) groups excluding carboxylic acids is 1. The minimum absolute atomic E-state index is 0.147. The van der Waals surface area contributed by atoms with E-state index in [0.717, 1.165) is 15.7 Å². The molecular formula is C25H30N4O4S3. The van der Waals surface area contributed by atoms with E-state index in [1.165, 1.54) is 15.6 Å². The van der Waals surface area contributed by atoms with Crippen LogP contribution in [0.25, 0.3) is 0 Å². The zero-order chi connectivity index (χ0) is 26.1. The third kappa shape index (κ3) is 5.84. The van der Waals surface area contributed by atoms with Crippen molar-refractivity contribution in [3.63, 3.8) is 0 Å². The first-order valence-corrected chi connectivity index (χ1v) is 14.9. The van der Waals surface area contributed by atoms with E-state index >= 15 is 0 Å². The standard InChI is InChI=1S/C25H30N4O4S3/c1-16(2)15-34-24-28-27-23(35-24)26-22(30)21-14-29(36(31,32)18-9-7-6-8-10-18)19-13-17(25(3,4)5)11-12-20(19)33-21/h6-13,16,21H,14-15H2,1-5H3,(H,26,27,30)/t21-/m0/s1. The van der Waals surface area contributed by atoms with Crippen LogP contribution in [0.15, 0.2) is 57.8 Å². The Morgan fingerprint density at radius 1 is 1.19 bits per heavy atom. The Morgan fingerprint density at radius 2 is 1.92 bits per heavy atom. The van der Waals surface area contributed by atoms with Crippen LogP contribution in [0.5, 0.6) is 5.75 Å². The van der Waals surface area contributed by atoms with Crippen molar-refractivity contribution in [2.45, 2.75) is 55.4 Å². The predicted octanol–water partition coefficient (Wildman–Crippen LogP) is 5.18. The molecule has 8 nitrogen and oxygen atoms in total. The van der Waals surface area contributed by atoms with Gasteiger partial charge in [0.25, 0.3) is 15.9 Å². The molecule has 0 bridgehead atoms. The van der Waals surface area contributed by atoms with Gasteiger partial charge in [-0.15, -0.1) is 10.2 Å². The Bertz CT molecular complexity index is 1330. The van der Waals surface area contributed by atoms with Crippen LogP contribution in [0.1, 0.15) is 40.2 Å². The first-order chi connectivity index (χ1) is 16.9. The van der Waals surface area contributed by atoms with Crippen molar-refractivity contribution < 1.29 is 17.9 Å². The molecule has 0 spiro atoms. The van der Waals surface area contributed by atoms with E-state index in [-0.39, 0.29) is 16.9 Å². The first kappa shape index (κ1) is 26.4. The second kappa shape index (κ2) is 10.4. The second-order valence-corrected chi connectivity index (χ2v) is 14.1. The lowest BCUT2D eigenvalue weighted by atomic mass is 9.86. The van der Waals surface area contributed by atoms with Crippen molar-refractivity contribution in [2.75, 3.05) is 21.9 Å². The smallest absolute Gasteiger partial charge is 0.269 e. The van der Waals surface area contributed by atoms with Crippen LogP contribution in [0.4, 0.5) is 10.8 Å². The largest absolute Gasteiger partial charge is 0.476 e. The molecule has 1 aliphatic heterocycles. The van der Waals surface area contributed by atoms with Crippen molar-refractivity contribution in [3.8, 4) is 5.75 Å². The number of benzene rings is 2. The molecule has 1 aliphatic rings. The monoisotopic (exact) mass is 546 g/mol. The van der Waals surface area contributed by atoms with Crippen LogP contribution >= 0.6 is 23.1 Å². The molecule has 0 saturated carbocycles. The van der Waals surface area contributed by atoms with E-state index in [1.807, 2.05) is 12.1 Å². The zero-order valence-electron chi connectivity index (χ0n) is 20.9. The Hall–Kier alpha value is -2.63. The molecule has 2 aromatic carbocycles. The summed E-state index contributed by atoms with van der Waals surface area (Å²) < 4.78 is 35.4. The fourth-order valence-electron chi connectivity index (χ4n) is 3.54. The summed E-state index contributed by atoms with van der Waals surface area (Å²) >= 11 is 2.86. The number of fused-ring (bicyclic) bond motifs is 1. The van der Waals surface area contributed by atoms with Crippen molar-refractivity contribution in [2.24, 2.45) is 5.92 Å². The van der Waals surface area contributed by atoms with Gasteiger partial charge in [-0.2, -0.15) is 0 Å². The Kier molecular flexibility index (Phi) is 7.63. The van der Waals surface area contributed by atoms with Gasteiger partial charge in [-0.3, -0.25) is 14.4 Å². The second-order valence-electron chi connectivity index (χ2n) is 9.96. The van der Waals surface area contributed by atoms with E-state index in [4.69, 9.17) is 4.74 Å². The van der Waals surface area contributed by atoms with Crippen molar-refractivity contribution in [1.29, 1.82) is 0 Å². The van der Waals surface area contributed by atoms with Crippen molar-refractivity contribution >= 4 is 49.8 Å². The van der Waals surface area contributed by atoms with E-state index in [9.17, 15) is 13.2 Å². The molecule has 0 saturated heterocycles. The number of thioether (sulfide) groups is 1. The van der Waals surface area contributed by atoms with Gasteiger partial charge in [-0.1, -0.05) is 82.0 Å². The molecule has 1 amide bonds. The van der Waals surface area contributed by atoms with Crippen LogP contribution < -0.4 is 14.4 Å². The molecule has 4 rings (SSSR count). The highest BCUT2D eigenvalue weighted by atomic mass is 32.2. The highest BCUT2D eigenvalue weighted by Crippen LogP contribution is 2.40. The normalized spacial score (nSPS) is 15.9. The van der Waals surface area contributed by atoms with Crippen LogP contribution in [0.3, 0.4) is 0 Å². The summed E-state index contributed by atoms with van der Waals surface area (Å²) in [6.45, 7) is 10.2. The number of aromatic nitrogens is 2. The van der Waals surface area contributed by atoms with Crippen molar-refractivity contribution in [3.05, 3.63) is 54.1 Å². The van der Waals surface area contributed by atoms with Gasteiger partial charge in [0.1, 0.15) is 5.75 Å². The quantitative estimate of drug-likeness (QED) is 0.322. The number of rotatable bonds is 7. The molecule has 1 N–H and O–H groups in total. The lowest BCUT2D eigenvalue weighted by molar-refractivity contribution is -0.122. The molecule has 0 radical (unpaired) electrons. The molecule has 0 aliphatic carbocycles. The fraction of sp³-hybridized carbons (Fsp3) is 0.400. The number of amides is 1. The van der Waals surface area contributed by atoms with E-state index < -0.39 is 22.0 Å². The van der Waals surface area contributed by atoms with Crippen LogP contribution in [-0.4, -0.2) is 42.9 Å². The number of hydrogen-bond acceptors (Lipinski definition) is 8. The van der Waals surface area contributed by atoms with Crippen LogP contribution in [0.2, 0.25) is 0 Å². The minimum Gasteiger partial charge on any atom is -0.476 e. The molecule has 0 unspecified atom stereocenters. The molecule has 36 heavy (non-hydrogen) atoms. The number of ether oxygens (including phenoxy) is 1. The van der Waals surface area contributed by atoms with Crippen molar-refractivity contribution in [1.82, 2.24) is 10.2 Å². The number of sulfonamides is 1. The van der Waals surface area contributed by atoms with Gasteiger partial charge in [0.15, 0.2) is 10.4 Å². The average molecular weight is 547 g/mol. The molecule has 0 fully saturated rings. The highest BCUT2D eigenvalue weighted by Gasteiger charge is 2.38. The molecule has 192 valence electrons. The van der Waals surface area contributed by atoms with Gasteiger partial charge in [-0.05, 0) is 41.2 Å². The summed E-state index contributed by atoms with van der Waals surface area (Å²) in [5.74, 6) is 1.25. The number of hydrogen-bond donors (Lipinski definition) is 1. The molecule has 11 heteroatoms. The summed E-state index contributed by atoms with van der Waals surface area (Å²) in [6.07, 6.45) is -1.06. The average Bonchev–Trinajstić information content (AvgIpc) is 3.28. The first-order valence-electron chi connectivity index (χ1n) is 11.6. The molecule has 3 aromatic rings. The predicted molar refractivity (Wildman–Crippen MR) is 145 cm³/mol. The highest BCUT2D eigenvalue weighted by molar-refractivity contribution is 8.01. The maximum absolute atomic E-state index is 13.7. The van der Waals surface area contributed by atoms with Gasteiger partial charge < -0.3 is 4.74 Å². The third-order valence-corrected chi connectivity index (χ3v) is 9.69. The third-order valence-electron chi connectivity index (χ3n) is 5.49. The number of anilines is 2. The lowest BCUT2D eigenvalue weighted by Crippen LogP contribution is -2.49. The zero-order valence-corrected chi connectivity index (χ0v) is 23.3.